The summed E-state index contributed by atoms with van der Waals surface area (Å²) in [4.78, 5) is 56.2. The van der Waals surface area contributed by atoms with Crippen LogP contribution in [0.5, 0.6) is 0 Å². The summed E-state index contributed by atoms with van der Waals surface area (Å²) in [6.07, 6.45) is 6.06. The Balaban J connectivity index is 0.898. The first kappa shape index (κ1) is 59.2. The van der Waals surface area contributed by atoms with Crippen molar-refractivity contribution >= 4 is 139 Å². The molecular weight excluding hydrogens is 1180 g/mol. The van der Waals surface area contributed by atoms with E-state index in [-0.39, 0.29) is 80.2 Å². The molecule has 8 aromatic carbocycles. The molecule has 0 saturated carbocycles. The van der Waals surface area contributed by atoms with Gasteiger partial charge in [-0.2, -0.15) is 4.57 Å². The number of rotatable bonds is 14. The van der Waals surface area contributed by atoms with E-state index >= 15 is 9.90 Å². The zero-order chi connectivity index (χ0) is 64.1. The summed E-state index contributed by atoms with van der Waals surface area (Å²) in [6.45, 7) is 22.7. The van der Waals surface area contributed by atoms with Gasteiger partial charge in [-0.05, 0) is 94.8 Å². The van der Waals surface area contributed by atoms with E-state index in [1.54, 1.807) is 35.3 Å². The topological polar surface area (TPSA) is 180 Å². The van der Waals surface area contributed by atoms with Gasteiger partial charge in [-0.3, -0.25) is 14.4 Å². The van der Waals surface area contributed by atoms with Crippen LogP contribution in [0.1, 0.15) is 111 Å². The van der Waals surface area contributed by atoms with Gasteiger partial charge in [0, 0.05) is 99.2 Å². The van der Waals surface area contributed by atoms with Crippen molar-refractivity contribution in [3.63, 3.8) is 0 Å². The van der Waals surface area contributed by atoms with Crippen LogP contribution in [0.15, 0.2) is 166 Å². The predicted molar refractivity (Wildman–Crippen MR) is 364 cm³/mol. The molecule has 6 aliphatic rings. The fourth-order valence-corrected chi connectivity index (χ4v) is 18.4. The lowest BCUT2D eigenvalue weighted by Gasteiger charge is -2.37. The summed E-state index contributed by atoms with van der Waals surface area (Å²) in [5.41, 5.74) is 3.16. The minimum atomic E-state index is -0.814. The predicted octanol–water partition coefficient (Wildman–Crippen LogP) is 7.71. The van der Waals surface area contributed by atoms with Crippen molar-refractivity contribution in [1.29, 1.82) is 0 Å². The van der Waals surface area contributed by atoms with Gasteiger partial charge in [-0.25, -0.2) is 9.98 Å². The maximum Gasteiger partial charge on any atom is 0.263 e. The Kier molecular flexibility index (Phi) is 14.0. The molecule has 9 aromatic rings. The van der Waals surface area contributed by atoms with E-state index < -0.39 is 22.9 Å². The zero-order valence-electron chi connectivity index (χ0n) is 53.4. The molecule has 3 aliphatic heterocycles. The molecule has 12 nitrogen and oxygen atoms in total. The van der Waals surface area contributed by atoms with Crippen LogP contribution in [0.2, 0.25) is 0 Å². The number of carbonyl (C=O) groups is 3. The number of ketones is 3. The zero-order valence-corrected chi connectivity index (χ0v) is 55.0. The Labute approximate surface area is 541 Å². The summed E-state index contributed by atoms with van der Waals surface area (Å²) in [5.74, 6) is -1.43. The van der Waals surface area contributed by atoms with E-state index in [9.17, 15) is 19.8 Å². The van der Waals surface area contributed by atoms with Crippen molar-refractivity contribution < 1.29 is 44.3 Å². The van der Waals surface area contributed by atoms with E-state index in [1.165, 1.54) is 0 Å². The van der Waals surface area contributed by atoms with Crippen molar-refractivity contribution in [3.8, 4) is 0 Å². The van der Waals surface area contributed by atoms with E-state index in [4.69, 9.17) is 0 Å². The fraction of sp³-hybridized carbons (Fsp3) is 0.282. The third-order valence-corrected chi connectivity index (χ3v) is 21.5. The van der Waals surface area contributed by atoms with Crippen LogP contribution in [0.4, 0.5) is 17.1 Å². The number of anilines is 3. The first-order valence-electron chi connectivity index (χ1n) is 32.4. The van der Waals surface area contributed by atoms with Gasteiger partial charge in [0.25, 0.3) is 5.01 Å². The van der Waals surface area contributed by atoms with Gasteiger partial charge >= 0.3 is 0 Å². The molecular formula is C78H72N6O6S2. The molecule has 4 N–H and O–H groups in total. The molecule has 0 radical (unpaired) electrons. The number of nitrogens with one attached hydrogen (secondary N) is 4. The Morgan fingerprint density at radius 2 is 1.04 bits per heavy atom. The number of hydrogen-bond acceptors (Lipinski definition) is 11. The Morgan fingerprint density at radius 1 is 0.543 bits per heavy atom. The second-order valence-electron chi connectivity index (χ2n) is 27.4. The summed E-state index contributed by atoms with van der Waals surface area (Å²) >= 11 is 3.15. The minimum Gasteiger partial charge on any atom is -0.871 e. The summed E-state index contributed by atoms with van der Waals surface area (Å²) < 4.78 is 3.25. The molecule has 0 amide bonds. The Hall–Kier alpha value is -9.11. The lowest BCUT2D eigenvalue weighted by molar-refractivity contribution is -0.665. The highest BCUT2D eigenvalue weighted by Gasteiger charge is 2.46. The molecule has 0 fully saturated rings. The lowest BCUT2D eigenvalue weighted by atomic mass is 9.78. The van der Waals surface area contributed by atoms with Gasteiger partial charge in [0.05, 0.1) is 43.3 Å². The molecule has 462 valence electrons. The van der Waals surface area contributed by atoms with E-state index in [0.29, 0.717) is 93.2 Å². The third kappa shape index (κ3) is 9.05. The quantitative estimate of drug-likeness (QED) is 0.0623. The van der Waals surface area contributed by atoms with Crippen LogP contribution in [0.3, 0.4) is 0 Å². The third-order valence-electron chi connectivity index (χ3n) is 19.1. The van der Waals surface area contributed by atoms with Gasteiger partial charge in [0.1, 0.15) is 11.2 Å². The second kappa shape index (κ2) is 21.8. The number of thiazole rings is 1. The smallest absolute Gasteiger partial charge is 0.263 e. The number of hydrogen-bond donors (Lipinski definition) is 4. The number of fused-ring (bicyclic) bond motifs is 6. The van der Waals surface area contributed by atoms with Crippen molar-refractivity contribution in [2.75, 3.05) is 22.1 Å². The van der Waals surface area contributed by atoms with Crippen LogP contribution in [-0.2, 0) is 20.9 Å². The molecule has 14 heteroatoms. The Morgan fingerprint density at radius 3 is 1.57 bits per heavy atom. The van der Waals surface area contributed by atoms with Gasteiger partial charge < -0.3 is 30.9 Å². The summed E-state index contributed by atoms with van der Waals surface area (Å²) in [5, 5.41) is 64.2. The molecule has 0 unspecified atom stereocenters. The minimum absolute atomic E-state index is 0.0437. The van der Waals surface area contributed by atoms with E-state index in [2.05, 4.69) is 148 Å². The SMILES string of the molecule is CCN1/C(=C/C2=C([O-])C(=c3\ccc4ccc(C5=C([O-])/C(=c6\ccc7ccc(C8=C([O-])/C(=C/c9sc%10c%11ccccc%11ccc%10[n+]9CC)C8=O)c8c7c6=[NH+]C(CC(C)C)(CC(C)C)N8)C5=O)c5c4c3=[NH+]C(CC(C)C)(CC(C)C)N5)/C2=O)Sc2c1ccc1ccccc21. The van der Waals surface area contributed by atoms with Gasteiger partial charge in [0.2, 0.25) is 27.6 Å². The van der Waals surface area contributed by atoms with Gasteiger partial charge in [-0.1, -0.05) is 187 Å². The molecule has 92 heavy (non-hydrogen) atoms. The van der Waals surface area contributed by atoms with Crippen LogP contribution in [-0.4, -0.2) is 35.2 Å². The largest absolute Gasteiger partial charge is 0.871 e. The van der Waals surface area contributed by atoms with Gasteiger partial charge in [0.15, 0.2) is 17.3 Å². The lowest BCUT2D eigenvalue weighted by Crippen LogP contribution is -2.96. The van der Waals surface area contributed by atoms with Crippen LogP contribution >= 0.6 is 23.1 Å². The molecule has 0 saturated heterocycles. The fourth-order valence-electron chi connectivity index (χ4n) is 15.8. The molecule has 15 rings (SSSR count). The monoisotopic (exact) mass is 1250 g/mol. The average molecular weight is 1250 g/mol. The van der Waals surface area contributed by atoms with Crippen molar-refractivity contribution in [1.82, 2.24) is 0 Å². The van der Waals surface area contributed by atoms with E-state index in [1.807, 2.05) is 72.8 Å². The number of benzene rings is 8. The normalized spacial score (nSPS) is 19.4. The number of aryl methyl sites for hydroxylation is 1. The summed E-state index contributed by atoms with van der Waals surface area (Å²) in [7, 11) is 0. The van der Waals surface area contributed by atoms with Crippen molar-refractivity contribution in [2.24, 2.45) is 23.7 Å². The maximum absolute atomic E-state index is 15.6. The highest BCUT2D eigenvalue weighted by molar-refractivity contribution is 8.04. The van der Waals surface area contributed by atoms with Crippen LogP contribution in [0, 0.1) is 23.7 Å². The van der Waals surface area contributed by atoms with Crippen molar-refractivity contribution in [3.05, 3.63) is 198 Å². The standard InChI is InChI=1S/C78H72N6O6S2/c1-11-83-55-31-25-43-17-13-15-19-47(43)75(55)91-57(83)33-53-69(85)61(70(53)86)49-27-21-45-23-29-51(67-59(45)65(49)79-77(81-67,35-39(3)4)36-40(5)6)63-73(89)64(74(63)90)52-30-24-46-22-28-50(66-60(46)68(52)82-78(80-66,37-41(7)8)38-42(9)10)62-71(87)54(72(62)88)34-58-84(12-2)56-32-26-44-18-14-16-20-48(44)76(56)92-58/h13-34,39-42H,11-12,35-38H2,1-10H3,(H4,79,80,81,82,85,86,87,88,89,90)/b57-33-. The molecule has 0 bridgehead atoms. The second-order valence-corrected chi connectivity index (χ2v) is 29.5. The molecule has 0 atom stereocenters. The van der Waals surface area contributed by atoms with Crippen LogP contribution < -0.4 is 66.6 Å². The molecule has 1 aromatic heterocycles. The molecule has 0 spiro atoms. The molecule has 4 heterocycles. The first-order chi connectivity index (χ1) is 44.2. The highest BCUT2D eigenvalue weighted by atomic mass is 32.2. The maximum atomic E-state index is 15.6. The van der Waals surface area contributed by atoms with E-state index in [0.717, 1.165) is 63.2 Å². The van der Waals surface area contributed by atoms with Crippen LogP contribution in [0.25, 0.3) is 81.7 Å². The highest BCUT2D eigenvalue weighted by Crippen LogP contribution is 2.51. The number of aromatic nitrogens is 1. The number of allylic oxidation sites excluding steroid dienone is 7. The average Bonchev–Trinajstić information content (AvgIpc) is 0.891. The number of thioether (sulfide) groups is 1. The number of Topliss-reactive ketones (excluding diaryl/α,β-unsaturated/α-hetero) is 3. The number of nitrogens with zero attached hydrogens (tertiary/aromatic N) is 2. The molecule has 3 aliphatic carbocycles. The van der Waals surface area contributed by atoms with Crippen molar-refractivity contribution in [2.45, 2.75) is 118 Å². The van der Waals surface area contributed by atoms with Gasteiger partial charge in [-0.15, -0.1) is 0 Å². The first-order valence-corrected chi connectivity index (χ1v) is 34.1. The number of carbonyl (C=O) groups excluding carboxylic acids is 3. The summed E-state index contributed by atoms with van der Waals surface area (Å²) in [6, 6.07) is 40.0. The Bertz CT molecular complexity index is 5290.